The number of hydrogen-bond donors (Lipinski definition) is 1. The molecule has 0 atom stereocenters. The van der Waals surface area contributed by atoms with Crippen molar-refractivity contribution < 1.29 is 9.59 Å². The molecule has 1 aromatic carbocycles. The summed E-state index contributed by atoms with van der Waals surface area (Å²) in [6.07, 6.45) is 1.64. The van der Waals surface area contributed by atoms with Gasteiger partial charge in [-0.2, -0.15) is 0 Å². The van der Waals surface area contributed by atoms with Gasteiger partial charge >= 0.3 is 0 Å². The standard InChI is InChI=1S/C21H23N3O2S/c1-12(2)15-6-8-17(9-7-15)24-20(26)18(19(25)22-21(24)27)11-16-10-13(3)23(5)14(16)4/h6-12H,1-5H3,(H,22,25,27)/b18-11+. The summed E-state index contributed by atoms with van der Waals surface area (Å²) < 4.78 is 2.02. The largest absolute Gasteiger partial charge is 0.352 e. The summed E-state index contributed by atoms with van der Waals surface area (Å²) in [6, 6.07) is 9.61. The van der Waals surface area contributed by atoms with Crippen molar-refractivity contribution in [1.29, 1.82) is 0 Å². The van der Waals surface area contributed by atoms with Crippen molar-refractivity contribution in [3.8, 4) is 0 Å². The lowest BCUT2D eigenvalue weighted by atomic mass is 10.0. The lowest BCUT2D eigenvalue weighted by Crippen LogP contribution is -2.54. The van der Waals surface area contributed by atoms with E-state index in [1.165, 1.54) is 10.5 Å². The monoisotopic (exact) mass is 381 g/mol. The summed E-state index contributed by atoms with van der Waals surface area (Å²) >= 11 is 5.26. The second kappa shape index (κ2) is 7.12. The fourth-order valence-electron chi connectivity index (χ4n) is 3.09. The molecular weight excluding hydrogens is 358 g/mol. The van der Waals surface area contributed by atoms with Gasteiger partial charge in [-0.3, -0.25) is 19.8 Å². The number of amides is 2. The van der Waals surface area contributed by atoms with Crippen LogP contribution in [0.2, 0.25) is 0 Å². The van der Waals surface area contributed by atoms with Crippen molar-refractivity contribution in [2.45, 2.75) is 33.6 Å². The number of nitrogens with one attached hydrogen (secondary N) is 1. The van der Waals surface area contributed by atoms with E-state index in [-0.39, 0.29) is 10.7 Å². The minimum atomic E-state index is -0.471. The van der Waals surface area contributed by atoms with Crippen LogP contribution in [0.4, 0.5) is 5.69 Å². The number of anilines is 1. The Hall–Kier alpha value is -2.73. The SMILES string of the molecule is Cc1cc(/C=C2\C(=O)NC(=S)N(c3ccc(C(C)C)cc3)C2=O)c(C)n1C. The van der Waals surface area contributed by atoms with E-state index in [4.69, 9.17) is 12.2 Å². The van der Waals surface area contributed by atoms with Crippen LogP contribution in [0.5, 0.6) is 0 Å². The Morgan fingerprint density at radius 2 is 1.74 bits per heavy atom. The van der Waals surface area contributed by atoms with Crippen molar-refractivity contribution in [2.75, 3.05) is 4.90 Å². The maximum atomic E-state index is 13.1. The molecule has 2 amide bonds. The highest BCUT2D eigenvalue weighted by molar-refractivity contribution is 7.80. The normalized spacial score (nSPS) is 16.4. The van der Waals surface area contributed by atoms with Crippen LogP contribution in [-0.4, -0.2) is 21.5 Å². The summed E-state index contributed by atoms with van der Waals surface area (Å²) in [4.78, 5) is 26.9. The Kier molecular flexibility index (Phi) is 5.02. The second-order valence-electron chi connectivity index (χ2n) is 7.09. The molecule has 1 saturated heterocycles. The van der Waals surface area contributed by atoms with Crippen LogP contribution in [0.25, 0.3) is 6.08 Å². The van der Waals surface area contributed by atoms with Gasteiger partial charge in [0.15, 0.2) is 5.11 Å². The molecule has 0 radical (unpaired) electrons. The highest BCUT2D eigenvalue weighted by Gasteiger charge is 2.34. The summed E-state index contributed by atoms with van der Waals surface area (Å²) in [7, 11) is 1.95. The molecule has 0 saturated carbocycles. The van der Waals surface area contributed by atoms with E-state index in [9.17, 15) is 9.59 Å². The zero-order valence-electron chi connectivity index (χ0n) is 16.2. The molecule has 2 heterocycles. The predicted octanol–water partition coefficient (Wildman–Crippen LogP) is 3.60. The molecule has 2 aromatic rings. The number of thiocarbonyl (C=S) groups is 1. The molecule has 0 aliphatic carbocycles. The molecule has 1 aliphatic rings. The third-order valence-electron chi connectivity index (χ3n) is 5.03. The van der Waals surface area contributed by atoms with Gasteiger partial charge < -0.3 is 4.57 Å². The van der Waals surface area contributed by atoms with E-state index in [2.05, 4.69) is 19.2 Å². The molecule has 1 N–H and O–H groups in total. The highest BCUT2D eigenvalue weighted by atomic mass is 32.1. The molecule has 6 heteroatoms. The molecule has 140 valence electrons. The molecule has 0 bridgehead atoms. The molecule has 3 rings (SSSR count). The minimum Gasteiger partial charge on any atom is -0.352 e. The van der Waals surface area contributed by atoms with Crippen LogP contribution in [-0.2, 0) is 16.6 Å². The molecule has 1 aliphatic heterocycles. The van der Waals surface area contributed by atoms with Gasteiger partial charge in [-0.05, 0) is 67.4 Å². The molecule has 5 nitrogen and oxygen atoms in total. The second-order valence-corrected chi connectivity index (χ2v) is 7.48. The number of benzene rings is 1. The van der Waals surface area contributed by atoms with E-state index in [1.807, 2.05) is 55.8 Å². The lowest BCUT2D eigenvalue weighted by Gasteiger charge is -2.29. The first-order valence-corrected chi connectivity index (χ1v) is 9.26. The molecule has 0 spiro atoms. The predicted molar refractivity (Wildman–Crippen MR) is 112 cm³/mol. The molecule has 27 heavy (non-hydrogen) atoms. The Labute approximate surface area is 164 Å². The fourth-order valence-corrected chi connectivity index (χ4v) is 3.37. The number of aromatic nitrogens is 1. The van der Waals surface area contributed by atoms with E-state index >= 15 is 0 Å². The van der Waals surface area contributed by atoms with Crippen LogP contribution in [0, 0.1) is 13.8 Å². The Morgan fingerprint density at radius 1 is 1.11 bits per heavy atom. The van der Waals surface area contributed by atoms with E-state index in [0.717, 1.165) is 17.0 Å². The minimum absolute atomic E-state index is 0.0743. The Balaban J connectivity index is 2.01. The van der Waals surface area contributed by atoms with E-state index < -0.39 is 11.8 Å². The first-order chi connectivity index (χ1) is 12.7. The number of hydrogen-bond acceptors (Lipinski definition) is 3. The first kappa shape index (κ1) is 19.0. The smallest absolute Gasteiger partial charge is 0.270 e. The average Bonchev–Trinajstić information content (AvgIpc) is 2.85. The van der Waals surface area contributed by atoms with Gasteiger partial charge in [-0.15, -0.1) is 0 Å². The fraction of sp³-hybridized carbons (Fsp3) is 0.286. The van der Waals surface area contributed by atoms with Crippen LogP contribution in [0.1, 0.15) is 42.3 Å². The van der Waals surface area contributed by atoms with Crippen LogP contribution < -0.4 is 10.2 Å². The number of rotatable bonds is 3. The third kappa shape index (κ3) is 3.45. The van der Waals surface area contributed by atoms with Crippen molar-refractivity contribution >= 4 is 40.9 Å². The highest BCUT2D eigenvalue weighted by Crippen LogP contribution is 2.25. The summed E-state index contributed by atoms with van der Waals surface area (Å²) in [6.45, 7) is 8.15. The maximum absolute atomic E-state index is 13.1. The zero-order valence-corrected chi connectivity index (χ0v) is 17.0. The average molecular weight is 382 g/mol. The quantitative estimate of drug-likeness (QED) is 0.502. The summed E-state index contributed by atoms with van der Waals surface area (Å²) in [5, 5.41) is 2.73. The molecule has 1 fully saturated rings. The van der Waals surface area contributed by atoms with Crippen LogP contribution >= 0.6 is 12.2 Å². The molecule has 0 unspecified atom stereocenters. The summed E-state index contributed by atoms with van der Waals surface area (Å²) in [5.41, 5.74) is 4.77. The third-order valence-corrected chi connectivity index (χ3v) is 5.32. The van der Waals surface area contributed by atoms with Crippen molar-refractivity contribution in [1.82, 2.24) is 9.88 Å². The Bertz CT molecular complexity index is 968. The zero-order chi connectivity index (χ0) is 19.9. The van der Waals surface area contributed by atoms with Gasteiger partial charge in [0.05, 0.1) is 5.69 Å². The topological polar surface area (TPSA) is 54.3 Å². The van der Waals surface area contributed by atoms with Gasteiger partial charge in [-0.1, -0.05) is 26.0 Å². The number of nitrogens with zero attached hydrogens (tertiary/aromatic N) is 2. The van der Waals surface area contributed by atoms with Crippen molar-refractivity contribution in [3.63, 3.8) is 0 Å². The van der Waals surface area contributed by atoms with Gasteiger partial charge in [0.25, 0.3) is 11.8 Å². The number of aryl methyl sites for hydroxylation is 1. The van der Waals surface area contributed by atoms with Gasteiger partial charge in [0.2, 0.25) is 0 Å². The lowest BCUT2D eigenvalue weighted by molar-refractivity contribution is -0.122. The summed E-state index contributed by atoms with van der Waals surface area (Å²) in [5.74, 6) is -0.495. The number of carbonyl (C=O) groups excluding carboxylic acids is 2. The van der Waals surface area contributed by atoms with Gasteiger partial charge in [0, 0.05) is 18.4 Å². The molecule has 1 aromatic heterocycles. The first-order valence-electron chi connectivity index (χ1n) is 8.85. The Morgan fingerprint density at radius 3 is 2.26 bits per heavy atom. The number of carbonyl (C=O) groups is 2. The van der Waals surface area contributed by atoms with E-state index in [1.54, 1.807) is 6.08 Å². The van der Waals surface area contributed by atoms with E-state index in [0.29, 0.717) is 11.6 Å². The van der Waals surface area contributed by atoms with Crippen molar-refractivity contribution in [3.05, 3.63) is 58.4 Å². The molecular formula is C21H23N3O2S. The van der Waals surface area contributed by atoms with Gasteiger partial charge in [-0.25, -0.2) is 0 Å². The van der Waals surface area contributed by atoms with Crippen molar-refractivity contribution in [2.24, 2.45) is 7.05 Å². The van der Waals surface area contributed by atoms with Crippen LogP contribution in [0.3, 0.4) is 0 Å². The van der Waals surface area contributed by atoms with Crippen LogP contribution in [0.15, 0.2) is 35.9 Å². The maximum Gasteiger partial charge on any atom is 0.270 e. The van der Waals surface area contributed by atoms with Gasteiger partial charge in [0.1, 0.15) is 5.57 Å².